The van der Waals surface area contributed by atoms with E-state index in [-0.39, 0.29) is 35.2 Å². The highest BCUT2D eigenvalue weighted by atomic mass is 32.2. The minimum absolute atomic E-state index is 0.0727. The Kier molecular flexibility index (Phi) is 32.9. The standard InChI is InChI=1S/C61H103N15O13S/c1-60(2,3)88-58(86)71-31-18-37-75(8)35-16-28-66-43-41(49(77)51(43)79)63-23-11-21-62-22-12-24-65-47-48(56(84)55(47)83)73-40(20-39-90-10)57(85)70-26-13-25-64-42-44(52(80)50(42)78)67-27-14-33-74(7)34-15-29-68-45-46(54(82)53(45)81)69-30-17-36-76(9)38-19-32-72-59(87)89-61(4,5)6/h40-41,43,62-69,73H,11-39H2,1-10H3,(H,70,85)(H,71,86)(H,72,87). The molecule has 4 rings (SSSR count). The first kappa shape index (κ1) is 76.0. The molecule has 12 N–H and O–H groups in total. The Balaban J connectivity index is 1.03. The van der Waals surface area contributed by atoms with E-state index in [0.717, 1.165) is 51.9 Å². The van der Waals surface area contributed by atoms with Crippen LogP contribution in [-0.2, 0) is 23.9 Å². The zero-order chi connectivity index (χ0) is 66.4. The zero-order valence-corrected chi connectivity index (χ0v) is 55.6. The third-order valence-electron chi connectivity index (χ3n) is 14.7. The van der Waals surface area contributed by atoms with Gasteiger partial charge < -0.3 is 88.0 Å². The van der Waals surface area contributed by atoms with Crippen LogP contribution in [-0.4, -0.2) is 225 Å². The van der Waals surface area contributed by atoms with Crippen molar-refractivity contribution in [1.82, 2.24) is 46.6 Å². The van der Waals surface area contributed by atoms with Crippen molar-refractivity contribution in [3.63, 3.8) is 0 Å². The lowest BCUT2D eigenvalue weighted by molar-refractivity contribution is -0.147. The van der Waals surface area contributed by atoms with Crippen LogP contribution >= 0.6 is 11.8 Å². The van der Waals surface area contributed by atoms with Gasteiger partial charge in [0.15, 0.2) is 0 Å². The van der Waals surface area contributed by atoms with Crippen molar-refractivity contribution in [3.8, 4) is 0 Å². The van der Waals surface area contributed by atoms with Crippen molar-refractivity contribution >= 4 is 75.5 Å². The number of thioether (sulfide) groups is 1. The molecule has 3 aromatic carbocycles. The Labute approximate surface area is 532 Å². The largest absolute Gasteiger partial charge is 0.444 e. The average Bonchev–Trinajstić information content (AvgIpc) is 0.822. The van der Waals surface area contributed by atoms with Gasteiger partial charge in [0.2, 0.25) is 17.5 Å². The van der Waals surface area contributed by atoms with Gasteiger partial charge in [-0.1, -0.05) is 0 Å². The van der Waals surface area contributed by atoms with E-state index >= 15 is 0 Å². The number of nitrogens with zero attached hydrogens (tertiary/aromatic N) is 3. The van der Waals surface area contributed by atoms with Crippen LogP contribution in [0, 0.1) is 0 Å². The molecule has 90 heavy (non-hydrogen) atoms. The normalized spacial score (nSPS) is 14.7. The second-order valence-electron chi connectivity index (χ2n) is 24.9. The molecule has 0 heterocycles. The van der Waals surface area contributed by atoms with E-state index in [4.69, 9.17) is 9.47 Å². The fraction of sp³-hybridized carbons (Fsp3) is 0.721. The van der Waals surface area contributed by atoms with Crippen LogP contribution in [0.3, 0.4) is 0 Å². The Bertz CT molecular complexity index is 2960. The number of hydrogen-bond acceptors (Lipinski definition) is 26. The summed E-state index contributed by atoms with van der Waals surface area (Å²) in [7, 11) is 5.94. The predicted molar refractivity (Wildman–Crippen MR) is 359 cm³/mol. The lowest BCUT2D eigenvalue weighted by Crippen LogP contribution is -2.69. The zero-order valence-electron chi connectivity index (χ0n) is 54.8. The number of nitrogens with one attached hydrogen (secondary N) is 12. The molecule has 0 bridgehead atoms. The van der Waals surface area contributed by atoms with Crippen LogP contribution in [0.25, 0.3) is 0 Å². The quantitative estimate of drug-likeness (QED) is 0.0272. The molecule has 3 amide bonds. The van der Waals surface area contributed by atoms with Gasteiger partial charge in [0.1, 0.15) is 51.4 Å². The molecule has 0 spiro atoms. The van der Waals surface area contributed by atoms with Gasteiger partial charge in [-0.25, -0.2) is 9.59 Å². The summed E-state index contributed by atoms with van der Waals surface area (Å²) in [6, 6.07) is -1.91. The molecule has 0 aliphatic heterocycles. The van der Waals surface area contributed by atoms with Crippen LogP contribution in [0.2, 0.25) is 0 Å². The van der Waals surface area contributed by atoms with E-state index in [1.807, 2.05) is 68.9 Å². The Morgan fingerprint density at radius 1 is 0.422 bits per heavy atom. The first-order valence-corrected chi connectivity index (χ1v) is 33.1. The van der Waals surface area contributed by atoms with Gasteiger partial charge in [-0.2, -0.15) is 11.8 Å². The number of Topliss-reactive ketones (excluding diaryl/α,β-unsaturated/α-hetero) is 2. The van der Waals surface area contributed by atoms with Crippen LogP contribution in [0.5, 0.6) is 0 Å². The minimum atomic E-state index is -0.788. The van der Waals surface area contributed by atoms with E-state index in [1.165, 1.54) is 11.8 Å². The lowest BCUT2D eigenvalue weighted by atomic mass is 9.83. The van der Waals surface area contributed by atoms with Crippen LogP contribution < -0.4 is 96.4 Å². The molecular formula is C61H103N15O13S. The van der Waals surface area contributed by atoms with Crippen LogP contribution in [0.1, 0.15) is 106 Å². The summed E-state index contributed by atoms with van der Waals surface area (Å²) in [4.78, 5) is 143. The highest BCUT2D eigenvalue weighted by molar-refractivity contribution is 7.98. The Hall–Kier alpha value is -6.50. The number of hydrogen-bond donors (Lipinski definition) is 12. The topological polar surface area (TPSA) is 360 Å². The molecule has 0 radical (unpaired) electrons. The summed E-state index contributed by atoms with van der Waals surface area (Å²) in [6.45, 7) is 21.1. The highest BCUT2D eigenvalue weighted by Crippen LogP contribution is 2.19. The molecule has 0 saturated heterocycles. The molecule has 1 fully saturated rings. The molecule has 3 atom stereocenters. The van der Waals surface area contributed by atoms with Crippen molar-refractivity contribution in [2.45, 2.75) is 135 Å². The third-order valence-corrected chi connectivity index (χ3v) is 15.3. The summed E-state index contributed by atoms with van der Waals surface area (Å²) in [6.07, 6.45) is 7.61. The maximum atomic E-state index is 13.4. The molecule has 1 aliphatic carbocycles. The van der Waals surface area contributed by atoms with Gasteiger partial charge in [-0.15, -0.1) is 0 Å². The number of rotatable bonds is 49. The first-order valence-electron chi connectivity index (χ1n) is 31.7. The summed E-state index contributed by atoms with van der Waals surface area (Å²) < 4.78 is 10.5. The van der Waals surface area contributed by atoms with Crippen LogP contribution in [0.4, 0.5) is 43.7 Å². The third kappa shape index (κ3) is 26.4. The van der Waals surface area contributed by atoms with Gasteiger partial charge in [0.25, 0.3) is 32.6 Å². The first-order chi connectivity index (χ1) is 42.7. The molecule has 1 aliphatic rings. The van der Waals surface area contributed by atoms with E-state index < -0.39 is 85.7 Å². The fourth-order valence-electron chi connectivity index (χ4n) is 9.76. The molecule has 3 aromatic rings. The van der Waals surface area contributed by atoms with Crippen molar-refractivity contribution in [3.05, 3.63) is 61.3 Å². The second-order valence-corrected chi connectivity index (χ2v) is 25.9. The molecule has 3 unspecified atom stereocenters. The number of alkyl carbamates (subject to hydrolysis) is 2. The number of amides is 3. The van der Waals surface area contributed by atoms with Gasteiger partial charge in [-0.3, -0.25) is 43.2 Å². The monoisotopic (exact) mass is 1290 g/mol. The lowest BCUT2D eigenvalue weighted by Gasteiger charge is -2.34. The van der Waals surface area contributed by atoms with Gasteiger partial charge >= 0.3 is 12.2 Å². The fourth-order valence-corrected chi connectivity index (χ4v) is 10.2. The summed E-state index contributed by atoms with van der Waals surface area (Å²) in [5.41, 5.74) is -3.46. The second kappa shape index (κ2) is 39.0. The van der Waals surface area contributed by atoms with E-state index in [1.54, 1.807) is 0 Å². The Morgan fingerprint density at radius 2 is 0.722 bits per heavy atom. The number of carbonyl (C=O) groups excluding carboxylic acids is 5. The number of ether oxygens (including phenoxy) is 2. The summed E-state index contributed by atoms with van der Waals surface area (Å²) >= 11 is 1.53. The predicted octanol–water partition coefficient (Wildman–Crippen LogP) is 0.598. The van der Waals surface area contributed by atoms with Crippen molar-refractivity contribution in [2.24, 2.45) is 0 Å². The van der Waals surface area contributed by atoms with Gasteiger partial charge in [0, 0.05) is 52.4 Å². The summed E-state index contributed by atoms with van der Waals surface area (Å²) in [5.74, 6) is -0.578. The SMILES string of the molecule is CSCCC(Nc1c(NCCCNCCCNC2C(=O)C(=O)C2NCCCN(C)CCCNC(=O)OC(C)(C)C)c(=O)c1=O)C(=O)NCCCNc1c(NCCCN(C)CCCNc2c(NCCCN(C)CCCNC(=O)OC(C)(C)C)c(=O)c2=O)c(=O)c1=O. The van der Waals surface area contributed by atoms with Gasteiger partial charge in [0.05, 0.1) is 12.1 Å². The minimum Gasteiger partial charge on any atom is -0.444 e. The van der Waals surface area contributed by atoms with E-state index in [2.05, 4.69) is 78.5 Å². The maximum Gasteiger partial charge on any atom is 0.407 e. The molecule has 29 heteroatoms. The highest BCUT2D eigenvalue weighted by Gasteiger charge is 2.48. The van der Waals surface area contributed by atoms with Crippen molar-refractivity contribution < 1.29 is 33.4 Å². The van der Waals surface area contributed by atoms with Gasteiger partial charge in [-0.05, 0) is 204 Å². The van der Waals surface area contributed by atoms with E-state index in [9.17, 15) is 52.7 Å². The van der Waals surface area contributed by atoms with Crippen molar-refractivity contribution in [1.29, 1.82) is 0 Å². The number of carbonyl (C=O) groups is 5. The molecule has 0 aromatic heterocycles. The maximum absolute atomic E-state index is 13.4. The molecule has 28 nitrogen and oxygen atoms in total. The Morgan fingerprint density at radius 3 is 1.10 bits per heavy atom. The van der Waals surface area contributed by atoms with E-state index in [0.29, 0.717) is 141 Å². The average molecular weight is 1290 g/mol. The molecular weight excluding hydrogens is 1180 g/mol. The smallest absolute Gasteiger partial charge is 0.407 e. The molecule has 1 saturated carbocycles. The van der Waals surface area contributed by atoms with Crippen molar-refractivity contribution in [2.75, 3.05) is 183 Å². The number of anilines is 6. The number of ketones is 2. The molecule has 506 valence electrons. The summed E-state index contributed by atoms with van der Waals surface area (Å²) in [5, 5.41) is 36.5. The van der Waals surface area contributed by atoms with Crippen LogP contribution in [0.15, 0.2) is 28.8 Å².